The smallest absolute Gasteiger partial charge is 0.277 e. The van der Waals surface area contributed by atoms with E-state index in [-0.39, 0.29) is 17.7 Å². The Morgan fingerprint density at radius 2 is 1.97 bits per heavy atom. The molecule has 29 heavy (non-hydrogen) atoms. The molecule has 1 N–H and O–H groups in total. The number of aryl methyl sites for hydroxylation is 3. The highest BCUT2D eigenvalue weighted by atomic mass is 32.2. The Morgan fingerprint density at radius 3 is 2.79 bits per heavy atom. The van der Waals surface area contributed by atoms with E-state index in [0.717, 1.165) is 23.1 Å². The Hall–Kier alpha value is -2.60. The van der Waals surface area contributed by atoms with Crippen LogP contribution in [0.5, 0.6) is 0 Å². The summed E-state index contributed by atoms with van der Waals surface area (Å²) in [7, 11) is 0. The summed E-state index contributed by atoms with van der Waals surface area (Å²) >= 11 is 1.26. The number of aromatic nitrogens is 2. The molecule has 0 saturated carbocycles. The van der Waals surface area contributed by atoms with Gasteiger partial charge in [0.15, 0.2) is 0 Å². The monoisotopic (exact) mass is 407 g/mol. The summed E-state index contributed by atoms with van der Waals surface area (Å²) < 4.78 is 5.69. The SMILES string of the molecule is Cc1cccc(-c2nnc(SCC(=O)NC(C)c3ccc4c(c3)CCCC4)o2)c1. The van der Waals surface area contributed by atoms with Gasteiger partial charge in [-0.05, 0) is 68.4 Å². The van der Waals surface area contributed by atoms with Gasteiger partial charge in [-0.1, -0.05) is 47.7 Å². The summed E-state index contributed by atoms with van der Waals surface area (Å²) in [6, 6.07) is 14.5. The van der Waals surface area contributed by atoms with E-state index in [1.165, 1.54) is 42.2 Å². The lowest BCUT2D eigenvalue weighted by molar-refractivity contribution is -0.119. The van der Waals surface area contributed by atoms with Crippen LogP contribution in [0.2, 0.25) is 0 Å². The number of carbonyl (C=O) groups is 1. The summed E-state index contributed by atoms with van der Waals surface area (Å²) in [5, 5.41) is 11.6. The van der Waals surface area contributed by atoms with Crippen molar-refractivity contribution in [1.82, 2.24) is 15.5 Å². The quantitative estimate of drug-likeness (QED) is 0.589. The lowest BCUT2D eigenvalue weighted by Gasteiger charge is -2.20. The number of hydrogen-bond donors (Lipinski definition) is 1. The summed E-state index contributed by atoms with van der Waals surface area (Å²) in [5.74, 6) is 0.666. The van der Waals surface area contributed by atoms with E-state index in [1.54, 1.807) is 0 Å². The molecule has 3 aromatic rings. The minimum absolute atomic E-state index is 0.0270. The molecule has 4 rings (SSSR count). The summed E-state index contributed by atoms with van der Waals surface area (Å²) in [6.45, 7) is 4.04. The molecule has 1 atom stereocenters. The highest BCUT2D eigenvalue weighted by Crippen LogP contribution is 2.26. The van der Waals surface area contributed by atoms with Gasteiger partial charge in [-0.2, -0.15) is 0 Å². The second kappa shape index (κ2) is 8.82. The number of amides is 1. The molecular formula is C23H25N3O2S. The first-order valence-corrected chi connectivity index (χ1v) is 11.0. The Kier molecular flexibility index (Phi) is 6.00. The third-order valence-electron chi connectivity index (χ3n) is 5.25. The van der Waals surface area contributed by atoms with Crippen LogP contribution in [0.1, 0.15) is 48.1 Å². The van der Waals surface area contributed by atoms with Crippen molar-refractivity contribution in [1.29, 1.82) is 0 Å². The zero-order valence-electron chi connectivity index (χ0n) is 16.8. The van der Waals surface area contributed by atoms with Gasteiger partial charge >= 0.3 is 0 Å². The Bertz CT molecular complexity index is 1010. The van der Waals surface area contributed by atoms with Crippen LogP contribution in [0.15, 0.2) is 52.1 Å². The first-order valence-electron chi connectivity index (χ1n) is 10.0. The number of fused-ring (bicyclic) bond motifs is 1. The minimum atomic E-state index is -0.0458. The van der Waals surface area contributed by atoms with Crippen LogP contribution in [0.3, 0.4) is 0 Å². The topological polar surface area (TPSA) is 68.0 Å². The predicted molar refractivity (Wildman–Crippen MR) is 115 cm³/mol. The maximum atomic E-state index is 12.4. The molecule has 2 aromatic carbocycles. The van der Waals surface area contributed by atoms with E-state index < -0.39 is 0 Å². The molecule has 1 amide bonds. The number of benzene rings is 2. The van der Waals surface area contributed by atoms with Crippen molar-refractivity contribution in [2.75, 3.05) is 5.75 Å². The van der Waals surface area contributed by atoms with E-state index >= 15 is 0 Å². The molecule has 1 aromatic heterocycles. The van der Waals surface area contributed by atoms with Crippen LogP contribution in [-0.4, -0.2) is 21.9 Å². The van der Waals surface area contributed by atoms with Crippen molar-refractivity contribution in [2.24, 2.45) is 0 Å². The van der Waals surface area contributed by atoms with Crippen molar-refractivity contribution in [3.05, 3.63) is 64.7 Å². The van der Waals surface area contributed by atoms with Crippen LogP contribution in [0, 0.1) is 6.92 Å². The van der Waals surface area contributed by atoms with E-state index in [9.17, 15) is 4.79 Å². The Labute approximate surface area is 175 Å². The molecule has 1 aliphatic carbocycles. The maximum Gasteiger partial charge on any atom is 0.277 e. The second-order valence-corrected chi connectivity index (χ2v) is 8.48. The van der Waals surface area contributed by atoms with E-state index in [1.807, 2.05) is 38.1 Å². The van der Waals surface area contributed by atoms with Gasteiger partial charge in [0.25, 0.3) is 5.22 Å². The van der Waals surface area contributed by atoms with Gasteiger partial charge in [-0.15, -0.1) is 10.2 Å². The van der Waals surface area contributed by atoms with Crippen molar-refractivity contribution in [3.63, 3.8) is 0 Å². The third kappa shape index (κ3) is 4.88. The summed E-state index contributed by atoms with van der Waals surface area (Å²) in [5.41, 5.74) is 6.05. The Balaban J connectivity index is 1.32. The summed E-state index contributed by atoms with van der Waals surface area (Å²) in [4.78, 5) is 12.4. The van der Waals surface area contributed by atoms with E-state index in [4.69, 9.17) is 4.42 Å². The van der Waals surface area contributed by atoms with Gasteiger partial charge in [0.05, 0.1) is 11.8 Å². The molecule has 6 heteroatoms. The van der Waals surface area contributed by atoms with Crippen LogP contribution < -0.4 is 5.32 Å². The molecule has 5 nitrogen and oxygen atoms in total. The largest absolute Gasteiger partial charge is 0.411 e. The number of nitrogens with zero attached hydrogens (tertiary/aromatic N) is 2. The molecule has 0 bridgehead atoms. The maximum absolute atomic E-state index is 12.4. The molecule has 1 aliphatic rings. The summed E-state index contributed by atoms with van der Waals surface area (Å²) in [6.07, 6.45) is 4.83. The Morgan fingerprint density at radius 1 is 1.14 bits per heavy atom. The molecule has 150 valence electrons. The standard InChI is InChI=1S/C23H25N3O2S/c1-15-6-5-9-20(12-15)22-25-26-23(28-22)29-14-21(27)24-16(2)18-11-10-17-7-3-4-8-19(17)13-18/h5-6,9-13,16H,3-4,7-8,14H2,1-2H3,(H,24,27). The predicted octanol–water partition coefficient (Wildman–Crippen LogP) is 4.89. The fourth-order valence-electron chi connectivity index (χ4n) is 3.68. The van der Waals surface area contributed by atoms with E-state index in [0.29, 0.717) is 11.1 Å². The average molecular weight is 408 g/mol. The van der Waals surface area contributed by atoms with Gasteiger partial charge in [-0.25, -0.2) is 0 Å². The molecule has 0 spiro atoms. The molecule has 0 saturated heterocycles. The number of rotatable bonds is 6. The molecule has 0 fully saturated rings. The lowest BCUT2D eigenvalue weighted by atomic mass is 9.89. The van der Waals surface area contributed by atoms with Gasteiger partial charge in [0.1, 0.15) is 0 Å². The average Bonchev–Trinajstić information content (AvgIpc) is 3.21. The van der Waals surface area contributed by atoms with Gasteiger partial charge < -0.3 is 9.73 Å². The van der Waals surface area contributed by atoms with Gasteiger partial charge in [0, 0.05) is 5.56 Å². The van der Waals surface area contributed by atoms with Crippen molar-refractivity contribution < 1.29 is 9.21 Å². The highest BCUT2D eigenvalue weighted by Gasteiger charge is 2.16. The fraction of sp³-hybridized carbons (Fsp3) is 0.348. The van der Waals surface area contributed by atoms with Crippen molar-refractivity contribution in [2.45, 2.75) is 50.8 Å². The zero-order chi connectivity index (χ0) is 20.2. The van der Waals surface area contributed by atoms with Crippen LogP contribution >= 0.6 is 11.8 Å². The first-order chi connectivity index (χ1) is 14.1. The zero-order valence-corrected chi connectivity index (χ0v) is 17.6. The van der Waals surface area contributed by atoms with Crippen LogP contribution in [-0.2, 0) is 17.6 Å². The minimum Gasteiger partial charge on any atom is -0.411 e. The van der Waals surface area contributed by atoms with Crippen molar-refractivity contribution >= 4 is 17.7 Å². The lowest BCUT2D eigenvalue weighted by Crippen LogP contribution is -2.28. The van der Waals surface area contributed by atoms with Gasteiger partial charge in [-0.3, -0.25) is 4.79 Å². The normalized spacial score (nSPS) is 14.3. The number of thioether (sulfide) groups is 1. The molecule has 1 heterocycles. The number of nitrogens with one attached hydrogen (secondary N) is 1. The second-order valence-electron chi connectivity index (χ2n) is 7.56. The number of hydrogen-bond acceptors (Lipinski definition) is 5. The molecule has 0 aliphatic heterocycles. The highest BCUT2D eigenvalue weighted by molar-refractivity contribution is 7.99. The van der Waals surface area contributed by atoms with Crippen molar-refractivity contribution in [3.8, 4) is 11.5 Å². The molecule has 1 unspecified atom stereocenters. The van der Waals surface area contributed by atoms with Crippen LogP contribution in [0.25, 0.3) is 11.5 Å². The van der Waals surface area contributed by atoms with Gasteiger partial charge in [0.2, 0.25) is 11.8 Å². The molecular weight excluding hydrogens is 382 g/mol. The fourth-order valence-corrected chi connectivity index (χ4v) is 4.25. The first kappa shape index (κ1) is 19.7. The number of carbonyl (C=O) groups excluding carboxylic acids is 1. The third-order valence-corrected chi connectivity index (χ3v) is 6.07. The van der Waals surface area contributed by atoms with E-state index in [2.05, 4.69) is 33.7 Å². The molecule has 0 radical (unpaired) electrons. The van der Waals surface area contributed by atoms with Crippen LogP contribution in [0.4, 0.5) is 0 Å².